The third kappa shape index (κ3) is 5.61. The van der Waals surface area contributed by atoms with E-state index in [9.17, 15) is 4.79 Å². The Morgan fingerprint density at radius 2 is 1.88 bits per heavy atom. The fourth-order valence-corrected chi connectivity index (χ4v) is 2.30. The van der Waals surface area contributed by atoms with Gasteiger partial charge in [0.15, 0.2) is 0 Å². The van der Waals surface area contributed by atoms with Crippen molar-refractivity contribution in [3.8, 4) is 5.75 Å². The summed E-state index contributed by atoms with van der Waals surface area (Å²) in [5, 5.41) is 5.60. The number of anilines is 1. The Labute approximate surface area is 144 Å². The molecular formula is C20H26N2O2. The predicted molar refractivity (Wildman–Crippen MR) is 98.9 cm³/mol. The van der Waals surface area contributed by atoms with Gasteiger partial charge >= 0.3 is 6.03 Å². The van der Waals surface area contributed by atoms with E-state index in [2.05, 4.69) is 37.5 Å². The lowest BCUT2D eigenvalue weighted by molar-refractivity contribution is 0.247. The molecule has 0 aliphatic rings. The van der Waals surface area contributed by atoms with E-state index in [1.54, 1.807) is 0 Å². The average Bonchev–Trinajstić information content (AvgIpc) is 2.59. The summed E-state index contributed by atoms with van der Waals surface area (Å²) < 4.78 is 5.69. The Morgan fingerprint density at radius 1 is 1.12 bits per heavy atom. The Balaban J connectivity index is 1.71. The minimum atomic E-state index is -0.223. The molecule has 2 amide bonds. The summed E-state index contributed by atoms with van der Waals surface area (Å²) in [6.45, 7) is 7.29. The first kappa shape index (κ1) is 17.9. The normalized spacial score (nSPS) is 10.5. The molecule has 0 unspecified atom stereocenters. The molecule has 0 aromatic heterocycles. The van der Waals surface area contributed by atoms with Gasteiger partial charge in [-0.05, 0) is 47.7 Å². The quantitative estimate of drug-likeness (QED) is 0.732. The molecule has 0 aliphatic heterocycles. The molecule has 0 heterocycles. The van der Waals surface area contributed by atoms with Gasteiger partial charge in [-0.3, -0.25) is 0 Å². The number of carbonyl (C=O) groups is 1. The molecule has 0 saturated carbocycles. The van der Waals surface area contributed by atoms with Crippen LogP contribution in [0.3, 0.4) is 0 Å². The monoisotopic (exact) mass is 326 g/mol. The van der Waals surface area contributed by atoms with E-state index in [0.717, 1.165) is 17.9 Å². The summed E-state index contributed by atoms with van der Waals surface area (Å²) in [6, 6.07) is 15.7. The van der Waals surface area contributed by atoms with E-state index >= 15 is 0 Å². The van der Waals surface area contributed by atoms with Crippen LogP contribution in [0.1, 0.15) is 37.8 Å². The van der Waals surface area contributed by atoms with Gasteiger partial charge in [0.25, 0.3) is 0 Å². The van der Waals surface area contributed by atoms with Crippen molar-refractivity contribution >= 4 is 11.7 Å². The molecule has 0 atom stereocenters. The highest BCUT2D eigenvalue weighted by Gasteiger charge is 2.03. The number of carbonyl (C=O) groups excluding carboxylic acids is 1. The summed E-state index contributed by atoms with van der Waals surface area (Å²) >= 11 is 0. The van der Waals surface area contributed by atoms with Gasteiger partial charge in [0.1, 0.15) is 12.4 Å². The number of aryl methyl sites for hydroxylation is 1. The number of urea groups is 1. The van der Waals surface area contributed by atoms with Crippen molar-refractivity contribution in [3.63, 3.8) is 0 Å². The minimum absolute atomic E-state index is 0.223. The van der Waals surface area contributed by atoms with Gasteiger partial charge in [-0.1, -0.05) is 45.0 Å². The van der Waals surface area contributed by atoms with Crippen LogP contribution >= 0.6 is 0 Å². The lowest BCUT2D eigenvalue weighted by atomic mass is 10.0. The van der Waals surface area contributed by atoms with Gasteiger partial charge < -0.3 is 15.4 Å². The van der Waals surface area contributed by atoms with Gasteiger partial charge in [-0.2, -0.15) is 0 Å². The minimum Gasteiger partial charge on any atom is -0.492 e. The molecule has 2 rings (SSSR count). The molecule has 0 spiro atoms. The second-order valence-corrected chi connectivity index (χ2v) is 6.01. The summed E-state index contributed by atoms with van der Waals surface area (Å²) in [5.74, 6) is 1.30. The van der Waals surface area contributed by atoms with Gasteiger partial charge in [-0.25, -0.2) is 4.79 Å². The molecule has 2 N–H and O–H groups in total. The molecule has 4 heteroatoms. The Morgan fingerprint density at radius 3 is 2.54 bits per heavy atom. The van der Waals surface area contributed by atoms with Crippen molar-refractivity contribution in [2.45, 2.75) is 33.1 Å². The van der Waals surface area contributed by atoms with Gasteiger partial charge in [0.2, 0.25) is 0 Å². The van der Waals surface area contributed by atoms with Crippen molar-refractivity contribution in [1.29, 1.82) is 0 Å². The van der Waals surface area contributed by atoms with Crippen molar-refractivity contribution in [2.24, 2.45) is 0 Å². The van der Waals surface area contributed by atoms with Crippen LogP contribution in [0.25, 0.3) is 0 Å². The zero-order chi connectivity index (χ0) is 17.4. The largest absolute Gasteiger partial charge is 0.492 e. The van der Waals surface area contributed by atoms with Crippen LogP contribution in [0.2, 0.25) is 0 Å². The maximum absolute atomic E-state index is 11.8. The Hall–Kier alpha value is -2.49. The third-order valence-electron chi connectivity index (χ3n) is 3.80. The lowest BCUT2D eigenvalue weighted by Gasteiger charge is -2.11. The first-order chi connectivity index (χ1) is 11.6. The molecular weight excluding hydrogens is 300 g/mol. The highest BCUT2D eigenvalue weighted by molar-refractivity contribution is 5.89. The van der Waals surface area contributed by atoms with E-state index in [0.29, 0.717) is 19.1 Å². The lowest BCUT2D eigenvalue weighted by Crippen LogP contribution is -2.32. The molecule has 2 aromatic rings. The second kappa shape index (κ2) is 8.96. The van der Waals surface area contributed by atoms with Crippen LogP contribution in [0, 0.1) is 0 Å². The highest BCUT2D eigenvalue weighted by Crippen LogP contribution is 2.19. The molecule has 0 fully saturated rings. The van der Waals surface area contributed by atoms with E-state index in [-0.39, 0.29) is 6.03 Å². The number of benzene rings is 2. The summed E-state index contributed by atoms with van der Waals surface area (Å²) in [6.07, 6.45) is 0.988. The van der Waals surface area contributed by atoms with Gasteiger partial charge in [0.05, 0.1) is 6.54 Å². The first-order valence-electron chi connectivity index (χ1n) is 8.45. The van der Waals surface area contributed by atoms with Crippen molar-refractivity contribution in [1.82, 2.24) is 5.32 Å². The van der Waals surface area contributed by atoms with Gasteiger partial charge in [-0.15, -0.1) is 0 Å². The molecule has 0 radical (unpaired) electrons. The summed E-state index contributed by atoms with van der Waals surface area (Å²) in [4.78, 5) is 11.8. The Bertz CT molecular complexity index is 651. The number of ether oxygens (including phenoxy) is 1. The first-order valence-corrected chi connectivity index (χ1v) is 8.45. The smallest absolute Gasteiger partial charge is 0.319 e. The molecule has 0 aliphatic carbocycles. The fourth-order valence-electron chi connectivity index (χ4n) is 2.30. The van der Waals surface area contributed by atoms with E-state index in [4.69, 9.17) is 4.74 Å². The van der Waals surface area contributed by atoms with E-state index in [1.165, 1.54) is 11.1 Å². The standard InChI is InChI=1S/C20H26N2O2/c1-4-16-8-10-18(11-9-16)22-20(23)21-12-13-24-19-7-5-6-17(14-19)15(2)3/h5-11,14-15H,4,12-13H2,1-3H3,(H2,21,22,23). The SMILES string of the molecule is CCc1ccc(NC(=O)NCCOc2cccc(C(C)C)c2)cc1. The van der Waals surface area contributed by atoms with Crippen LogP contribution in [0.4, 0.5) is 10.5 Å². The molecule has 128 valence electrons. The van der Waals surface area contributed by atoms with Gasteiger partial charge in [0, 0.05) is 5.69 Å². The molecule has 4 nitrogen and oxygen atoms in total. The Kier molecular flexibility index (Phi) is 6.67. The fraction of sp³-hybridized carbons (Fsp3) is 0.350. The molecule has 2 aromatic carbocycles. The number of nitrogens with one attached hydrogen (secondary N) is 2. The maximum Gasteiger partial charge on any atom is 0.319 e. The van der Waals surface area contributed by atoms with Crippen LogP contribution in [-0.2, 0) is 6.42 Å². The van der Waals surface area contributed by atoms with Crippen LogP contribution in [0.15, 0.2) is 48.5 Å². The van der Waals surface area contributed by atoms with Crippen molar-refractivity contribution < 1.29 is 9.53 Å². The maximum atomic E-state index is 11.8. The second-order valence-electron chi connectivity index (χ2n) is 6.01. The van der Waals surface area contributed by atoms with E-state index in [1.807, 2.05) is 42.5 Å². The third-order valence-corrected chi connectivity index (χ3v) is 3.80. The summed E-state index contributed by atoms with van der Waals surface area (Å²) in [5.41, 5.74) is 3.28. The molecule has 0 saturated heterocycles. The summed E-state index contributed by atoms with van der Waals surface area (Å²) in [7, 11) is 0. The zero-order valence-corrected chi connectivity index (χ0v) is 14.6. The number of hydrogen-bond donors (Lipinski definition) is 2. The number of hydrogen-bond acceptors (Lipinski definition) is 2. The van der Waals surface area contributed by atoms with Crippen LogP contribution in [-0.4, -0.2) is 19.2 Å². The number of amides is 2. The number of rotatable bonds is 7. The van der Waals surface area contributed by atoms with Crippen molar-refractivity contribution in [2.75, 3.05) is 18.5 Å². The highest BCUT2D eigenvalue weighted by atomic mass is 16.5. The predicted octanol–water partition coefficient (Wildman–Crippen LogP) is 4.57. The topological polar surface area (TPSA) is 50.4 Å². The zero-order valence-electron chi connectivity index (χ0n) is 14.6. The van der Waals surface area contributed by atoms with Crippen molar-refractivity contribution in [3.05, 3.63) is 59.7 Å². The van der Waals surface area contributed by atoms with E-state index < -0.39 is 0 Å². The van der Waals surface area contributed by atoms with Crippen LogP contribution < -0.4 is 15.4 Å². The average molecular weight is 326 g/mol. The van der Waals surface area contributed by atoms with Crippen LogP contribution in [0.5, 0.6) is 5.75 Å². The molecule has 24 heavy (non-hydrogen) atoms. The molecule has 0 bridgehead atoms.